The zero-order valence-electron chi connectivity index (χ0n) is 8.72. The van der Waals surface area contributed by atoms with Gasteiger partial charge in [-0.2, -0.15) is 0 Å². The van der Waals surface area contributed by atoms with Gasteiger partial charge in [0, 0.05) is 17.0 Å². The quantitative estimate of drug-likeness (QED) is 0.719. The van der Waals surface area contributed by atoms with E-state index in [1.165, 1.54) is 17.7 Å². The number of hydrogen-bond donors (Lipinski definition) is 0. The Morgan fingerprint density at radius 2 is 2.36 bits per heavy atom. The Balaban J connectivity index is 2.07. The molecule has 14 heavy (non-hydrogen) atoms. The van der Waals surface area contributed by atoms with Crippen molar-refractivity contribution < 1.29 is 0 Å². The molecule has 1 aliphatic rings. The van der Waals surface area contributed by atoms with E-state index in [2.05, 4.69) is 18.8 Å². The lowest BCUT2D eigenvalue weighted by Crippen LogP contribution is -2.23. The van der Waals surface area contributed by atoms with E-state index in [1.54, 1.807) is 11.3 Å². The first-order valence-electron chi connectivity index (χ1n) is 5.11. The fraction of sp³-hybridized carbons (Fsp3) is 0.727. The molecule has 1 unspecified atom stereocenters. The maximum atomic E-state index is 6.08. The van der Waals surface area contributed by atoms with Gasteiger partial charge in [0.05, 0.1) is 5.01 Å². The summed E-state index contributed by atoms with van der Waals surface area (Å²) in [5.74, 6) is 1.62. The number of rotatable bonds is 4. The summed E-state index contributed by atoms with van der Waals surface area (Å²) in [5.41, 5.74) is 0.306. The van der Waals surface area contributed by atoms with Crippen LogP contribution < -0.4 is 0 Å². The van der Waals surface area contributed by atoms with Crippen molar-refractivity contribution in [3.8, 4) is 0 Å². The number of alkyl halides is 1. The summed E-state index contributed by atoms with van der Waals surface area (Å²) in [5, 5.41) is 1.16. The van der Waals surface area contributed by atoms with Crippen LogP contribution in [0.25, 0.3) is 0 Å². The molecule has 1 atom stereocenters. The molecule has 0 aliphatic heterocycles. The standard InChI is InChI=1S/C11H16ClNS/c1-8-13-6-10(14-8)5-11(2,7-12)9-3-4-9/h6,9H,3-5,7H2,1-2H3. The Morgan fingerprint density at radius 1 is 1.64 bits per heavy atom. The van der Waals surface area contributed by atoms with Crippen molar-refractivity contribution >= 4 is 22.9 Å². The van der Waals surface area contributed by atoms with E-state index in [0.29, 0.717) is 5.41 Å². The van der Waals surface area contributed by atoms with E-state index in [4.69, 9.17) is 11.6 Å². The van der Waals surface area contributed by atoms with E-state index < -0.39 is 0 Å². The molecular formula is C11H16ClNS. The molecule has 0 bridgehead atoms. The number of thiazole rings is 1. The van der Waals surface area contributed by atoms with Crippen molar-refractivity contribution in [2.24, 2.45) is 11.3 Å². The highest BCUT2D eigenvalue weighted by atomic mass is 35.5. The Morgan fingerprint density at radius 3 is 2.79 bits per heavy atom. The fourth-order valence-electron chi connectivity index (χ4n) is 1.97. The molecule has 1 aliphatic carbocycles. The second kappa shape index (κ2) is 3.82. The van der Waals surface area contributed by atoms with E-state index in [1.807, 2.05) is 6.20 Å². The monoisotopic (exact) mass is 229 g/mol. The molecule has 78 valence electrons. The van der Waals surface area contributed by atoms with Gasteiger partial charge in [0.1, 0.15) is 0 Å². The van der Waals surface area contributed by atoms with E-state index >= 15 is 0 Å². The van der Waals surface area contributed by atoms with Crippen molar-refractivity contribution in [3.63, 3.8) is 0 Å². The molecule has 1 aromatic heterocycles. The van der Waals surface area contributed by atoms with Gasteiger partial charge in [-0.05, 0) is 37.5 Å². The summed E-state index contributed by atoms with van der Waals surface area (Å²) in [6.07, 6.45) is 5.84. The summed E-state index contributed by atoms with van der Waals surface area (Å²) in [6, 6.07) is 0. The largest absolute Gasteiger partial charge is 0.250 e. The van der Waals surface area contributed by atoms with Crippen LogP contribution >= 0.6 is 22.9 Å². The molecule has 0 N–H and O–H groups in total. The molecule has 0 aromatic carbocycles. The van der Waals surface area contributed by atoms with Crippen LogP contribution in [-0.4, -0.2) is 10.9 Å². The molecular weight excluding hydrogens is 214 g/mol. The van der Waals surface area contributed by atoms with Crippen LogP contribution in [0.4, 0.5) is 0 Å². The first-order chi connectivity index (χ1) is 6.64. The van der Waals surface area contributed by atoms with Gasteiger partial charge in [0.15, 0.2) is 0 Å². The molecule has 0 radical (unpaired) electrons. The van der Waals surface area contributed by atoms with Gasteiger partial charge >= 0.3 is 0 Å². The van der Waals surface area contributed by atoms with Crippen LogP contribution in [0.15, 0.2) is 6.20 Å². The first kappa shape index (κ1) is 10.4. The lowest BCUT2D eigenvalue weighted by atomic mass is 9.83. The Bertz CT molecular complexity index is 319. The lowest BCUT2D eigenvalue weighted by molar-refractivity contribution is 0.315. The third kappa shape index (κ3) is 2.12. The van der Waals surface area contributed by atoms with Crippen LogP contribution in [0.3, 0.4) is 0 Å². The normalized spacial score (nSPS) is 20.8. The van der Waals surface area contributed by atoms with Gasteiger partial charge in [-0.25, -0.2) is 4.98 Å². The molecule has 1 nitrogen and oxygen atoms in total. The average Bonchev–Trinajstić information content (AvgIpc) is 2.93. The highest BCUT2D eigenvalue weighted by Crippen LogP contribution is 2.48. The molecule has 1 heterocycles. The fourth-order valence-corrected chi connectivity index (χ4v) is 3.27. The van der Waals surface area contributed by atoms with E-state index in [-0.39, 0.29) is 0 Å². The summed E-state index contributed by atoms with van der Waals surface area (Å²) in [4.78, 5) is 5.68. The van der Waals surface area contributed by atoms with Gasteiger partial charge in [0.2, 0.25) is 0 Å². The number of halogens is 1. The predicted molar refractivity (Wildman–Crippen MR) is 62.1 cm³/mol. The molecule has 0 spiro atoms. The van der Waals surface area contributed by atoms with E-state index in [0.717, 1.165) is 23.2 Å². The number of aromatic nitrogens is 1. The summed E-state index contributed by atoms with van der Waals surface area (Å²) in [7, 11) is 0. The van der Waals surface area contributed by atoms with Crippen molar-refractivity contribution in [1.29, 1.82) is 0 Å². The Hall–Kier alpha value is -0.0800. The molecule has 0 saturated heterocycles. The lowest BCUT2D eigenvalue weighted by Gasteiger charge is -2.26. The second-order valence-corrected chi connectivity index (χ2v) is 6.17. The molecule has 1 saturated carbocycles. The highest BCUT2D eigenvalue weighted by Gasteiger charge is 2.41. The molecule has 2 rings (SSSR count). The molecule has 1 aromatic rings. The summed E-state index contributed by atoms with van der Waals surface area (Å²) in [6.45, 7) is 4.37. The zero-order valence-corrected chi connectivity index (χ0v) is 10.3. The third-order valence-electron chi connectivity index (χ3n) is 3.12. The van der Waals surface area contributed by atoms with Crippen molar-refractivity contribution in [1.82, 2.24) is 4.98 Å². The van der Waals surface area contributed by atoms with Gasteiger partial charge in [0.25, 0.3) is 0 Å². The first-order valence-corrected chi connectivity index (χ1v) is 6.46. The summed E-state index contributed by atoms with van der Waals surface area (Å²) >= 11 is 7.89. The predicted octanol–water partition coefficient (Wildman–Crippen LogP) is 3.65. The number of aryl methyl sites for hydroxylation is 1. The highest BCUT2D eigenvalue weighted by molar-refractivity contribution is 7.11. The topological polar surface area (TPSA) is 12.9 Å². The van der Waals surface area contributed by atoms with Crippen LogP contribution in [0.1, 0.15) is 29.7 Å². The van der Waals surface area contributed by atoms with Gasteiger partial charge in [-0.3, -0.25) is 0 Å². The van der Waals surface area contributed by atoms with Crippen LogP contribution in [0.2, 0.25) is 0 Å². The number of hydrogen-bond acceptors (Lipinski definition) is 2. The average molecular weight is 230 g/mol. The maximum Gasteiger partial charge on any atom is 0.0896 e. The molecule has 1 fully saturated rings. The third-order valence-corrected chi connectivity index (χ3v) is 4.64. The zero-order chi connectivity index (χ0) is 10.2. The van der Waals surface area contributed by atoms with Gasteiger partial charge in [-0.15, -0.1) is 22.9 Å². The van der Waals surface area contributed by atoms with Crippen LogP contribution in [0.5, 0.6) is 0 Å². The second-order valence-electron chi connectivity index (χ2n) is 4.58. The van der Waals surface area contributed by atoms with Gasteiger partial charge < -0.3 is 0 Å². The number of nitrogens with zero attached hydrogens (tertiary/aromatic N) is 1. The Kier molecular flexibility index (Phi) is 2.85. The Labute approximate surface area is 94.5 Å². The van der Waals surface area contributed by atoms with Crippen molar-refractivity contribution in [2.45, 2.75) is 33.1 Å². The van der Waals surface area contributed by atoms with Gasteiger partial charge in [-0.1, -0.05) is 6.92 Å². The minimum atomic E-state index is 0.306. The van der Waals surface area contributed by atoms with Crippen molar-refractivity contribution in [3.05, 3.63) is 16.1 Å². The van der Waals surface area contributed by atoms with Crippen LogP contribution in [0, 0.1) is 18.3 Å². The minimum absolute atomic E-state index is 0.306. The van der Waals surface area contributed by atoms with Crippen molar-refractivity contribution in [2.75, 3.05) is 5.88 Å². The van der Waals surface area contributed by atoms with Crippen LogP contribution in [-0.2, 0) is 6.42 Å². The summed E-state index contributed by atoms with van der Waals surface area (Å²) < 4.78 is 0. The smallest absolute Gasteiger partial charge is 0.0896 e. The SMILES string of the molecule is Cc1ncc(CC(C)(CCl)C2CC2)s1. The minimum Gasteiger partial charge on any atom is -0.250 e. The molecule has 3 heteroatoms. The maximum absolute atomic E-state index is 6.08. The molecule has 0 amide bonds. The van der Waals surface area contributed by atoms with E-state index in [9.17, 15) is 0 Å².